The Bertz CT molecular complexity index is 460. The van der Waals surface area contributed by atoms with Crippen LogP contribution in [0.2, 0.25) is 0 Å². The molecule has 2 heterocycles. The molecule has 0 radical (unpaired) electrons. The number of imidazole rings is 1. The summed E-state index contributed by atoms with van der Waals surface area (Å²) < 4.78 is 1.35. The second-order valence-electron chi connectivity index (χ2n) is 3.10. The van der Waals surface area contributed by atoms with E-state index in [4.69, 9.17) is 11.6 Å². The number of hydrogen-bond donors (Lipinski definition) is 2. The lowest BCUT2D eigenvalue weighted by molar-refractivity contribution is 0.885. The molecule has 0 amide bonds. The quantitative estimate of drug-likeness (QED) is 0.656. The predicted octanol–water partition coefficient (Wildman–Crippen LogP) is 0.0748. The fourth-order valence-electron chi connectivity index (χ4n) is 1.40. The number of hydrogen-bond acceptors (Lipinski definition) is 5. The number of rotatable bonds is 2. The number of nitrogens with two attached hydrogens (primary N) is 2. The molecule has 4 N–H and O–H groups in total. The number of aryl methyl sites for hydroxylation is 1. The Morgan fingerprint density at radius 3 is 2.93 bits per heavy atom. The van der Waals surface area contributed by atoms with Crippen LogP contribution in [0.5, 0.6) is 0 Å². The lowest BCUT2D eigenvalue weighted by Gasteiger charge is -2.01. The molecule has 0 aromatic carbocycles. The average molecular weight is 192 g/mol. The van der Waals surface area contributed by atoms with Crippen LogP contribution in [0.25, 0.3) is 11.2 Å². The highest BCUT2D eigenvalue weighted by atomic mass is 15.3. The minimum absolute atomic E-state index is 0.244. The molecule has 2 rings (SSSR count). The molecule has 0 aliphatic carbocycles. The Kier molecular flexibility index (Phi) is 1.95. The first kappa shape index (κ1) is 8.74. The summed E-state index contributed by atoms with van der Waals surface area (Å²) in [6.45, 7) is 2.07. The van der Waals surface area contributed by atoms with E-state index in [-0.39, 0.29) is 5.95 Å². The molecule has 6 heteroatoms. The van der Waals surface area contributed by atoms with E-state index < -0.39 is 0 Å². The van der Waals surface area contributed by atoms with Gasteiger partial charge in [-0.2, -0.15) is 4.98 Å². The van der Waals surface area contributed by atoms with Gasteiger partial charge < -0.3 is 11.6 Å². The molecule has 0 bridgehead atoms. The van der Waals surface area contributed by atoms with E-state index in [0.717, 1.165) is 24.1 Å². The number of anilines is 1. The Labute approximate surface area is 80.9 Å². The third kappa shape index (κ3) is 1.24. The normalized spacial score (nSPS) is 10.9. The largest absolute Gasteiger partial charge is 0.368 e. The van der Waals surface area contributed by atoms with Gasteiger partial charge in [0.2, 0.25) is 5.95 Å². The van der Waals surface area contributed by atoms with Crippen molar-refractivity contribution in [2.75, 3.05) is 11.6 Å². The smallest absolute Gasteiger partial charge is 0.222 e. The highest BCUT2D eigenvalue weighted by Gasteiger charge is 2.09. The molecular weight excluding hydrogens is 180 g/mol. The van der Waals surface area contributed by atoms with Crippen LogP contribution in [0.3, 0.4) is 0 Å². The standard InChI is InChI=1S/C8H12N6/c1-2-3-5-6-7(13-8(9)12-5)14(10)4-11-6/h4H,2-3,10H2,1H3,(H2,9,12,13). The first-order valence-corrected chi connectivity index (χ1v) is 4.47. The number of fused-ring (bicyclic) bond motifs is 1. The molecule has 14 heavy (non-hydrogen) atoms. The maximum Gasteiger partial charge on any atom is 0.222 e. The summed E-state index contributed by atoms with van der Waals surface area (Å²) in [7, 11) is 0. The van der Waals surface area contributed by atoms with Crippen molar-refractivity contribution in [1.82, 2.24) is 19.6 Å². The second kappa shape index (κ2) is 3.13. The Morgan fingerprint density at radius 1 is 1.43 bits per heavy atom. The maximum absolute atomic E-state index is 5.62. The van der Waals surface area contributed by atoms with Crippen molar-refractivity contribution in [2.24, 2.45) is 0 Å². The summed E-state index contributed by atoms with van der Waals surface area (Å²) in [5.74, 6) is 5.86. The van der Waals surface area contributed by atoms with Crippen LogP contribution in [0.15, 0.2) is 6.33 Å². The van der Waals surface area contributed by atoms with E-state index in [1.54, 1.807) is 0 Å². The molecule has 0 atom stereocenters. The van der Waals surface area contributed by atoms with Gasteiger partial charge in [0.05, 0.1) is 5.69 Å². The van der Waals surface area contributed by atoms with Crippen LogP contribution in [-0.4, -0.2) is 19.6 Å². The SMILES string of the molecule is CCCc1nc(N)nc2c1ncn2N. The van der Waals surface area contributed by atoms with Gasteiger partial charge >= 0.3 is 0 Å². The van der Waals surface area contributed by atoms with Gasteiger partial charge in [-0.15, -0.1) is 0 Å². The molecule has 0 fully saturated rings. The van der Waals surface area contributed by atoms with Crippen molar-refractivity contribution in [1.29, 1.82) is 0 Å². The van der Waals surface area contributed by atoms with E-state index >= 15 is 0 Å². The van der Waals surface area contributed by atoms with Gasteiger partial charge in [0.25, 0.3) is 0 Å². The minimum atomic E-state index is 0.244. The first-order chi connectivity index (χ1) is 6.72. The summed E-state index contributed by atoms with van der Waals surface area (Å²) >= 11 is 0. The molecule has 0 saturated heterocycles. The average Bonchev–Trinajstić information content (AvgIpc) is 2.49. The fraction of sp³-hybridized carbons (Fsp3) is 0.375. The second-order valence-corrected chi connectivity index (χ2v) is 3.10. The van der Waals surface area contributed by atoms with Gasteiger partial charge in [-0.05, 0) is 6.42 Å². The van der Waals surface area contributed by atoms with Crippen LogP contribution in [0.1, 0.15) is 19.0 Å². The van der Waals surface area contributed by atoms with Gasteiger partial charge in [0.15, 0.2) is 5.65 Å². The molecule has 0 aliphatic heterocycles. The zero-order valence-corrected chi connectivity index (χ0v) is 7.94. The third-order valence-corrected chi connectivity index (χ3v) is 2.00. The lowest BCUT2D eigenvalue weighted by Crippen LogP contribution is -2.09. The zero-order valence-electron chi connectivity index (χ0n) is 7.94. The molecule has 0 spiro atoms. The fourth-order valence-corrected chi connectivity index (χ4v) is 1.40. The summed E-state index contributed by atoms with van der Waals surface area (Å²) in [4.78, 5) is 12.3. The lowest BCUT2D eigenvalue weighted by atomic mass is 10.2. The van der Waals surface area contributed by atoms with Gasteiger partial charge in [-0.3, -0.25) is 0 Å². The zero-order chi connectivity index (χ0) is 10.1. The maximum atomic E-state index is 5.62. The van der Waals surface area contributed by atoms with Crippen molar-refractivity contribution in [2.45, 2.75) is 19.8 Å². The van der Waals surface area contributed by atoms with Gasteiger partial charge in [0, 0.05) is 0 Å². The summed E-state index contributed by atoms with van der Waals surface area (Å²) in [5, 5.41) is 0. The third-order valence-electron chi connectivity index (χ3n) is 2.00. The van der Waals surface area contributed by atoms with E-state index in [0.29, 0.717) is 5.65 Å². The molecule has 6 nitrogen and oxygen atoms in total. The first-order valence-electron chi connectivity index (χ1n) is 4.47. The van der Waals surface area contributed by atoms with Crippen LogP contribution in [-0.2, 0) is 6.42 Å². The minimum Gasteiger partial charge on any atom is -0.368 e. The Balaban J connectivity index is 2.68. The summed E-state index contributed by atoms with van der Waals surface area (Å²) in [6.07, 6.45) is 3.33. The van der Waals surface area contributed by atoms with Crippen molar-refractivity contribution >= 4 is 17.1 Å². The van der Waals surface area contributed by atoms with Crippen molar-refractivity contribution in [3.63, 3.8) is 0 Å². The number of nitrogens with zero attached hydrogens (tertiary/aromatic N) is 4. The monoisotopic (exact) mass is 192 g/mol. The van der Waals surface area contributed by atoms with Gasteiger partial charge in [-0.1, -0.05) is 13.3 Å². The van der Waals surface area contributed by atoms with Gasteiger partial charge in [0.1, 0.15) is 11.8 Å². The summed E-state index contributed by atoms with van der Waals surface area (Å²) in [5.41, 5.74) is 7.75. The van der Waals surface area contributed by atoms with E-state index in [1.807, 2.05) is 0 Å². The number of aromatic nitrogens is 4. The molecular formula is C8H12N6. The van der Waals surface area contributed by atoms with Crippen LogP contribution in [0.4, 0.5) is 5.95 Å². The highest BCUT2D eigenvalue weighted by molar-refractivity contribution is 5.74. The molecule has 0 saturated carbocycles. The predicted molar refractivity (Wildman–Crippen MR) is 53.9 cm³/mol. The van der Waals surface area contributed by atoms with Crippen molar-refractivity contribution in [3.05, 3.63) is 12.0 Å². The van der Waals surface area contributed by atoms with Crippen LogP contribution >= 0.6 is 0 Å². The molecule has 2 aromatic heterocycles. The van der Waals surface area contributed by atoms with E-state index in [9.17, 15) is 0 Å². The van der Waals surface area contributed by atoms with E-state index in [2.05, 4.69) is 21.9 Å². The highest BCUT2D eigenvalue weighted by Crippen LogP contribution is 2.14. The van der Waals surface area contributed by atoms with Crippen molar-refractivity contribution < 1.29 is 0 Å². The topological polar surface area (TPSA) is 95.6 Å². The van der Waals surface area contributed by atoms with Crippen molar-refractivity contribution in [3.8, 4) is 0 Å². The molecule has 0 unspecified atom stereocenters. The molecule has 2 aromatic rings. The Hall–Kier alpha value is -1.85. The summed E-state index contributed by atoms with van der Waals surface area (Å²) in [6, 6.07) is 0. The molecule has 0 aliphatic rings. The van der Waals surface area contributed by atoms with Gasteiger partial charge in [-0.25, -0.2) is 14.6 Å². The molecule has 74 valence electrons. The van der Waals surface area contributed by atoms with Crippen LogP contribution in [0, 0.1) is 0 Å². The van der Waals surface area contributed by atoms with Crippen LogP contribution < -0.4 is 11.6 Å². The Morgan fingerprint density at radius 2 is 2.21 bits per heavy atom. The number of nitrogen functional groups attached to an aromatic ring is 2. The van der Waals surface area contributed by atoms with E-state index in [1.165, 1.54) is 11.0 Å².